The Bertz CT molecular complexity index is 915. The van der Waals surface area contributed by atoms with E-state index in [-0.39, 0.29) is 10.6 Å². The number of ether oxygens (including phenoxy) is 2. The number of halogens is 1. The molecule has 2 N–H and O–H groups in total. The minimum atomic E-state index is -3.91. The summed E-state index contributed by atoms with van der Waals surface area (Å²) in [5.41, 5.74) is 1.18. The Morgan fingerprint density at radius 3 is 2.35 bits per heavy atom. The van der Waals surface area contributed by atoms with Crippen molar-refractivity contribution >= 4 is 33.2 Å². The van der Waals surface area contributed by atoms with Crippen LogP contribution in [0.3, 0.4) is 0 Å². The second-order valence-corrected chi connectivity index (χ2v) is 7.52. The van der Waals surface area contributed by atoms with Crippen molar-refractivity contribution < 1.29 is 22.7 Å². The molecule has 0 unspecified atom stereocenters. The van der Waals surface area contributed by atoms with Gasteiger partial charge in [-0.2, -0.15) is 0 Å². The first-order valence-corrected chi connectivity index (χ1v) is 9.40. The predicted molar refractivity (Wildman–Crippen MR) is 99.6 cm³/mol. The molecule has 140 valence electrons. The molecule has 2 rings (SSSR count). The fourth-order valence-corrected chi connectivity index (χ4v) is 3.67. The van der Waals surface area contributed by atoms with Gasteiger partial charge in [0.25, 0.3) is 0 Å². The first-order chi connectivity index (χ1) is 12.3. The van der Waals surface area contributed by atoms with Crippen molar-refractivity contribution in [1.29, 1.82) is 0 Å². The van der Waals surface area contributed by atoms with Crippen molar-refractivity contribution in [3.8, 4) is 11.5 Å². The average molecular weight is 399 g/mol. The SMILES string of the molecule is COc1ccc(NC(=O)CNS(=O)(=O)c2cc(C)ccc2OC)cc1Cl. The molecule has 0 aliphatic carbocycles. The number of carbonyl (C=O) groups is 1. The van der Waals surface area contributed by atoms with Crippen molar-refractivity contribution in [2.45, 2.75) is 11.8 Å². The highest BCUT2D eigenvalue weighted by atomic mass is 35.5. The lowest BCUT2D eigenvalue weighted by atomic mass is 10.2. The number of sulfonamides is 1. The van der Waals surface area contributed by atoms with E-state index in [2.05, 4.69) is 10.0 Å². The maximum absolute atomic E-state index is 12.4. The monoisotopic (exact) mass is 398 g/mol. The van der Waals surface area contributed by atoms with Crippen molar-refractivity contribution in [2.75, 3.05) is 26.1 Å². The zero-order chi connectivity index (χ0) is 19.3. The van der Waals surface area contributed by atoms with E-state index >= 15 is 0 Å². The number of methoxy groups -OCH3 is 2. The predicted octanol–water partition coefficient (Wildman–Crippen LogP) is 2.58. The Kier molecular flexibility index (Phi) is 6.47. The number of benzene rings is 2. The minimum absolute atomic E-state index is 0.0275. The normalized spacial score (nSPS) is 11.1. The molecule has 0 heterocycles. The molecule has 0 saturated heterocycles. The van der Waals surface area contributed by atoms with E-state index < -0.39 is 22.5 Å². The summed E-state index contributed by atoms with van der Waals surface area (Å²) in [6.45, 7) is 1.32. The molecule has 9 heteroatoms. The third-order valence-electron chi connectivity index (χ3n) is 3.47. The molecule has 0 spiro atoms. The Morgan fingerprint density at radius 2 is 1.73 bits per heavy atom. The van der Waals surface area contributed by atoms with E-state index in [1.165, 1.54) is 26.4 Å². The molecule has 0 aliphatic heterocycles. The van der Waals surface area contributed by atoms with Crippen LogP contribution in [0.4, 0.5) is 5.69 Å². The van der Waals surface area contributed by atoms with Crippen LogP contribution in [0.25, 0.3) is 0 Å². The van der Waals surface area contributed by atoms with E-state index in [4.69, 9.17) is 21.1 Å². The first-order valence-electron chi connectivity index (χ1n) is 7.54. The summed E-state index contributed by atoms with van der Waals surface area (Å²) >= 11 is 5.99. The Balaban J connectivity index is 2.06. The molecule has 0 atom stereocenters. The zero-order valence-corrected chi connectivity index (χ0v) is 16.1. The van der Waals surface area contributed by atoms with Gasteiger partial charge in [0.2, 0.25) is 15.9 Å². The van der Waals surface area contributed by atoms with Crippen LogP contribution >= 0.6 is 11.6 Å². The minimum Gasteiger partial charge on any atom is -0.495 e. The number of amides is 1. The lowest BCUT2D eigenvalue weighted by Crippen LogP contribution is -2.33. The third-order valence-corrected chi connectivity index (χ3v) is 5.18. The smallest absolute Gasteiger partial charge is 0.244 e. The van der Waals surface area contributed by atoms with Gasteiger partial charge in [0.15, 0.2) is 0 Å². The van der Waals surface area contributed by atoms with Crippen molar-refractivity contribution in [3.05, 3.63) is 47.0 Å². The largest absolute Gasteiger partial charge is 0.495 e. The van der Waals surface area contributed by atoms with E-state index in [0.717, 1.165) is 5.56 Å². The van der Waals surface area contributed by atoms with Gasteiger partial charge in [0.1, 0.15) is 16.4 Å². The fraction of sp³-hybridized carbons (Fsp3) is 0.235. The van der Waals surface area contributed by atoms with Crippen molar-refractivity contribution in [1.82, 2.24) is 4.72 Å². The Hall–Kier alpha value is -2.29. The average Bonchev–Trinajstić information content (AvgIpc) is 2.60. The third kappa shape index (κ3) is 4.87. The lowest BCUT2D eigenvalue weighted by Gasteiger charge is -2.12. The van der Waals surface area contributed by atoms with Gasteiger partial charge in [-0.05, 0) is 42.8 Å². The Labute approximate surface area is 157 Å². The molecular formula is C17H19ClN2O5S. The highest BCUT2D eigenvalue weighted by Crippen LogP contribution is 2.27. The van der Waals surface area contributed by atoms with Crippen LogP contribution in [0.15, 0.2) is 41.3 Å². The summed E-state index contributed by atoms with van der Waals surface area (Å²) in [5, 5.41) is 2.89. The van der Waals surface area contributed by atoms with Gasteiger partial charge in [-0.15, -0.1) is 0 Å². The fourth-order valence-electron chi connectivity index (χ4n) is 2.18. The van der Waals surface area contributed by atoms with E-state index in [1.807, 2.05) is 0 Å². The van der Waals surface area contributed by atoms with Crippen LogP contribution in [-0.2, 0) is 14.8 Å². The molecule has 1 amide bonds. The standard InChI is InChI=1S/C17H19ClN2O5S/c1-11-4-6-15(25-3)16(8-11)26(22,23)19-10-17(21)20-12-5-7-14(24-2)13(18)9-12/h4-9,19H,10H2,1-3H3,(H,20,21). The Morgan fingerprint density at radius 1 is 1.08 bits per heavy atom. The molecule has 0 aliphatic rings. The molecule has 2 aromatic carbocycles. The van der Waals surface area contributed by atoms with E-state index in [9.17, 15) is 13.2 Å². The van der Waals surface area contributed by atoms with Crippen LogP contribution in [0.2, 0.25) is 5.02 Å². The van der Waals surface area contributed by atoms with Gasteiger partial charge in [-0.25, -0.2) is 13.1 Å². The maximum Gasteiger partial charge on any atom is 0.244 e. The molecule has 0 bridgehead atoms. The summed E-state index contributed by atoms with van der Waals surface area (Å²) in [7, 11) is -1.05. The second-order valence-electron chi connectivity index (χ2n) is 5.38. The van der Waals surface area contributed by atoms with E-state index in [0.29, 0.717) is 16.5 Å². The number of hydrogen-bond acceptors (Lipinski definition) is 5. The zero-order valence-electron chi connectivity index (χ0n) is 14.5. The molecule has 7 nitrogen and oxygen atoms in total. The molecule has 0 saturated carbocycles. The van der Waals surface area contributed by atoms with Crippen LogP contribution in [0.5, 0.6) is 11.5 Å². The quantitative estimate of drug-likeness (QED) is 0.747. The molecule has 2 aromatic rings. The number of rotatable bonds is 7. The number of nitrogens with one attached hydrogen (secondary N) is 2. The van der Waals surface area contributed by atoms with Gasteiger partial charge < -0.3 is 14.8 Å². The summed E-state index contributed by atoms with van der Waals surface area (Å²) in [5.74, 6) is 0.129. The maximum atomic E-state index is 12.4. The number of hydrogen-bond donors (Lipinski definition) is 2. The molecule has 0 radical (unpaired) electrons. The molecular weight excluding hydrogens is 380 g/mol. The first kappa shape index (κ1) is 20.0. The topological polar surface area (TPSA) is 93.7 Å². The lowest BCUT2D eigenvalue weighted by molar-refractivity contribution is -0.115. The summed E-state index contributed by atoms with van der Waals surface area (Å²) in [4.78, 5) is 12.0. The second kappa shape index (κ2) is 8.39. The van der Waals surface area contributed by atoms with Crippen LogP contribution in [-0.4, -0.2) is 35.1 Å². The van der Waals surface area contributed by atoms with Gasteiger partial charge >= 0.3 is 0 Å². The van der Waals surface area contributed by atoms with Gasteiger partial charge in [0.05, 0.1) is 25.8 Å². The van der Waals surface area contributed by atoms with Crippen molar-refractivity contribution in [2.24, 2.45) is 0 Å². The summed E-state index contributed by atoms with van der Waals surface area (Å²) in [6, 6.07) is 9.47. The number of carbonyl (C=O) groups excluding carboxylic acids is 1. The highest BCUT2D eigenvalue weighted by Gasteiger charge is 2.20. The van der Waals surface area contributed by atoms with Crippen LogP contribution in [0, 0.1) is 6.92 Å². The van der Waals surface area contributed by atoms with Crippen LogP contribution in [0.1, 0.15) is 5.56 Å². The highest BCUT2D eigenvalue weighted by molar-refractivity contribution is 7.89. The van der Waals surface area contributed by atoms with Gasteiger partial charge in [-0.3, -0.25) is 4.79 Å². The van der Waals surface area contributed by atoms with Gasteiger partial charge in [0, 0.05) is 5.69 Å². The van der Waals surface area contributed by atoms with E-state index in [1.54, 1.807) is 31.2 Å². The van der Waals surface area contributed by atoms with Crippen LogP contribution < -0.4 is 19.5 Å². The van der Waals surface area contributed by atoms with Crippen molar-refractivity contribution in [3.63, 3.8) is 0 Å². The van der Waals surface area contributed by atoms with Gasteiger partial charge in [-0.1, -0.05) is 17.7 Å². The molecule has 0 aromatic heterocycles. The number of aryl methyl sites for hydroxylation is 1. The summed E-state index contributed by atoms with van der Waals surface area (Å²) in [6.07, 6.45) is 0. The molecule has 26 heavy (non-hydrogen) atoms. The summed E-state index contributed by atoms with van der Waals surface area (Å²) < 4.78 is 37.3. The number of anilines is 1. The molecule has 0 fully saturated rings.